The zero-order valence-electron chi connectivity index (χ0n) is 14.8. The first-order valence-corrected chi connectivity index (χ1v) is 8.36. The Bertz CT molecular complexity index is 955. The van der Waals surface area contributed by atoms with E-state index in [1.807, 2.05) is 37.3 Å². The van der Waals surface area contributed by atoms with Crippen LogP contribution in [0.4, 0.5) is 10.5 Å². The van der Waals surface area contributed by atoms with Crippen LogP contribution in [-0.2, 0) is 4.79 Å². The van der Waals surface area contributed by atoms with Crippen molar-refractivity contribution in [3.63, 3.8) is 0 Å². The first-order chi connectivity index (χ1) is 13.1. The number of nitrogens with one attached hydrogen (secondary N) is 2. The molecular weight excluding hydrogens is 342 g/mol. The highest BCUT2D eigenvalue weighted by Gasteiger charge is 2.27. The van der Waals surface area contributed by atoms with Gasteiger partial charge in [-0.25, -0.2) is 14.8 Å². The van der Waals surface area contributed by atoms with Gasteiger partial charge < -0.3 is 10.6 Å². The van der Waals surface area contributed by atoms with Crippen LogP contribution in [0.15, 0.2) is 84.4 Å². The number of nitrogens with zero attached hydrogens (tertiary/aromatic N) is 3. The summed E-state index contributed by atoms with van der Waals surface area (Å²) in [4.78, 5) is 33.4. The van der Waals surface area contributed by atoms with Gasteiger partial charge in [-0.05, 0) is 13.0 Å². The van der Waals surface area contributed by atoms with Crippen molar-refractivity contribution in [3.05, 3.63) is 85.0 Å². The Morgan fingerprint density at radius 3 is 2.89 bits per heavy atom. The molecule has 2 heterocycles. The SMILES string of the molecule is C=C/C=C(\C=C/C)C1=NC(NC(=O)n2ccnc2)C(=O)Nc2ccccc21. The number of benzodiazepines with no additional fused rings is 1. The lowest BCUT2D eigenvalue weighted by Crippen LogP contribution is -2.43. The number of carbonyl (C=O) groups excluding carboxylic acids is 2. The number of aliphatic imine (C=N–C) groups is 1. The lowest BCUT2D eigenvalue weighted by atomic mass is 10.00. The lowest BCUT2D eigenvalue weighted by Gasteiger charge is -2.13. The number of imidazole rings is 1. The van der Waals surface area contributed by atoms with E-state index in [9.17, 15) is 9.59 Å². The standard InChI is InChI=1S/C20H19N5O2/c1-3-7-14(8-4-2)17-15-9-5-6-10-16(15)22-19(26)18(23-17)24-20(27)25-12-11-21-13-25/h3-13,18H,1H2,2H3,(H,22,26)(H,24,27)/b8-4-,14-7+. The van der Waals surface area contributed by atoms with Crippen LogP contribution in [0.2, 0.25) is 0 Å². The van der Waals surface area contributed by atoms with E-state index in [1.165, 1.54) is 23.3 Å². The predicted molar refractivity (Wildman–Crippen MR) is 105 cm³/mol. The van der Waals surface area contributed by atoms with Crippen molar-refractivity contribution in [1.82, 2.24) is 14.9 Å². The lowest BCUT2D eigenvalue weighted by molar-refractivity contribution is -0.117. The molecule has 0 spiro atoms. The van der Waals surface area contributed by atoms with E-state index >= 15 is 0 Å². The molecule has 2 amide bonds. The summed E-state index contributed by atoms with van der Waals surface area (Å²) < 4.78 is 1.24. The maximum absolute atomic E-state index is 12.7. The molecule has 2 N–H and O–H groups in total. The molecule has 0 bridgehead atoms. The second kappa shape index (κ2) is 8.09. The molecule has 1 aromatic carbocycles. The second-order valence-corrected chi connectivity index (χ2v) is 5.69. The van der Waals surface area contributed by atoms with Gasteiger partial charge in [-0.3, -0.25) is 9.36 Å². The average Bonchev–Trinajstić information content (AvgIpc) is 3.16. The average molecular weight is 361 g/mol. The van der Waals surface area contributed by atoms with Gasteiger partial charge in [-0.15, -0.1) is 0 Å². The highest BCUT2D eigenvalue weighted by molar-refractivity contribution is 6.20. The number of hydrogen-bond acceptors (Lipinski definition) is 4. The highest BCUT2D eigenvalue weighted by Crippen LogP contribution is 2.24. The Balaban J connectivity index is 2.06. The summed E-state index contributed by atoms with van der Waals surface area (Å²) in [6.07, 6.45) is 10.4. The van der Waals surface area contributed by atoms with Gasteiger partial charge in [0.1, 0.15) is 6.33 Å². The summed E-state index contributed by atoms with van der Waals surface area (Å²) in [5.74, 6) is -0.427. The topological polar surface area (TPSA) is 88.4 Å². The Morgan fingerprint density at radius 1 is 1.37 bits per heavy atom. The van der Waals surface area contributed by atoms with Gasteiger partial charge >= 0.3 is 6.03 Å². The molecule has 2 aromatic rings. The monoisotopic (exact) mass is 361 g/mol. The van der Waals surface area contributed by atoms with Gasteiger partial charge in [0.25, 0.3) is 5.91 Å². The summed E-state index contributed by atoms with van der Waals surface area (Å²) in [7, 11) is 0. The zero-order valence-corrected chi connectivity index (χ0v) is 14.8. The number of carbonyl (C=O) groups is 2. The van der Waals surface area contributed by atoms with E-state index in [1.54, 1.807) is 18.2 Å². The van der Waals surface area contributed by atoms with Crippen LogP contribution in [-0.4, -0.2) is 33.4 Å². The van der Waals surface area contributed by atoms with E-state index in [2.05, 4.69) is 27.2 Å². The number of aromatic nitrogens is 2. The number of anilines is 1. The minimum atomic E-state index is -1.10. The van der Waals surface area contributed by atoms with Gasteiger partial charge in [-0.2, -0.15) is 0 Å². The van der Waals surface area contributed by atoms with Gasteiger partial charge in [0.2, 0.25) is 6.17 Å². The van der Waals surface area contributed by atoms with E-state index < -0.39 is 18.1 Å². The van der Waals surface area contributed by atoms with Crippen molar-refractivity contribution in [2.45, 2.75) is 13.1 Å². The smallest absolute Gasteiger partial charge is 0.322 e. The van der Waals surface area contributed by atoms with Crippen molar-refractivity contribution in [3.8, 4) is 0 Å². The molecule has 1 unspecified atom stereocenters. The van der Waals surface area contributed by atoms with Crippen LogP contribution in [0.5, 0.6) is 0 Å². The molecular formula is C20H19N5O2. The minimum Gasteiger partial charge on any atom is -0.322 e. The third kappa shape index (κ3) is 3.92. The van der Waals surface area contributed by atoms with Crippen LogP contribution in [0.1, 0.15) is 12.5 Å². The number of benzene rings is 1. The van der Waals surface area contributed by atoms with Crippen LogP contribution < -0.4 is 10.6 Å². The van der Waals surface area contributed by atoms with E-state index in [0.717, 1.165) is 11.1 Å². The molecule has 7 heteroatoms. The summed E-state index contributed by atoms with van der Waals surface area (Å²) in [6.45, 7) is 5.64. The predicted octanol–water partition coefficient (Wildman–Crippen LogP) is 2.90. The molecule has 0 saturated heterocycles. The Kier molecular flexibility index (Phi) is 5.41. The highest BCUT2D eigenvalue weighted by atomic mass is 16.2. The summed E-state index contributed by atoms with van der Waals surface area (Å²) in [5.41, 5.74) is 2.74. The molecule has 136 valence electrons. The van der Waals surface area contributed by atoms with Crippen LogP contribution in [0, 0.1) is 0 Å². The van der Waals surface area contributed by atoms with E-state index in [4.69, 9.17) is 0 Å². The van der Waals surface area contributed by atoms with Gasteiger partial charge in [-0.1, -0.05) is 49.1 Å². The van der Waals surface area contributed by atoms with Crippen LogP contribution in [0.3, 0.4) is 0 Å². The maximum Gasteiger partial charge on any atom is 0.328 e. The number of rotatable bonds is 4. The number of amides is 2. The summed E-state index contributed by atoms with van der Waals surface area (Å²) in [5, 5.41) is 5.44. The molecule has 1 atom stereocenters. The van der Waals surface area contributed by atoms with Crippen LogP contribution in [0.25, 0.3) is 0 Å². The number of allylic oxidation sites excluding steroid dienone is 5. The van der Waals surface area contributed by atoms with Crippen molar-refractivity contribution in [1.29, 1.82) is 0 Å². The first kappa shape index (κ1) is 18.1. The number of fused-ring (bicyclic) bond motifs is 1. The third-order valence-corrected chi connectivity index (χ3v) is 3.86. The molecule has 1 aliphatic rings. The summed E-state index contributed by atoms with van der Waals surface area (Å²) >= 11 is 0. The zero-order chi connectivity index (χ0) is 19.2. The quantitative estimate of drug-likeness (QED) is 0.821. The van der Waals surface area contributed by atoms with E-state index in [-0.39, 0.29) is 0 Å². The fraction of sp³-hybridized carbons (Fsp3) is 0.100. The molecule has 1 aromatic heterocycles. The Hall–Kier alpha value is -3.74. The molecule has 0 aliphatic carbocycles. The van der Waals surface area contributed by atoms with Crippen molar-refractivity contribution in [2.75, 3.05) is 5.32 Å². The van der Waals surface area contributed by atoms with Crippen molar-refractivity contribution in [2.24, 2.45) is 4.99 Å². The van der Waals surface area contributed by atoms with Crippen molar-refractivity contribution >= 4 is 23.3 Å². The molecule has 0 fully saturated rings. The Labute approximate surface area is 156 Å². The van der Waals surface area contributed by atoms with Crippen molar-refractivity contribution < 1.29 is 9.59 Å². The molecule has 3 rings (SSSR count). The van der Waals surface area contributed by atoms with Gasteiger partial charge in [0, 0.05) is 23.5 Å². The largest absolute Gasteiger partial charge is 0.328 e. The maximum atomic E-state index is 12.7. The number of para-hydroxylation sites is 1. The minimum absolute atomic E-state index is 0.427. The van der Waals surface area contributed by atoms with Gasteiger partial charge in [0.15, 0.2) is 0 Å². The molecule has 0 saturated carbocycles. The fourth-order valence-corrected chi connectivity index (χ4v) is 2.68. The molecule has 1 aliphatic heterocycles. The molecule has 27 heavy (non-hydrogen) atoms. The van der Waals surface area contributed by atoms with Crippen LogP contribution >= 0.6 is 0 Å². The Morgan fingerprint density at radius 2 is 2.19 bits per heavy atom. The summed E-state index contributed by atoms with van der Waals surface area (Å²) in [6, 6.07) is 6.86. The molecule has 7 nitrogen and oxygen atoms in total. The third-order valence-electron chi connectivity index (χ3n) is 3.86. The second-order valence-electron chi connectivity index (χ2n) is 5.69. The van der Waals surface area contributed by atoms with Gasteiger partial charge in [0.05, 0.1) is 11.4 Å². The molecule has 0 radical (unpaired) electrons. The van der Waals surface area contributed by atoms with E-state index in [0.29, 0.717) is 11.4 Å². The fourth-order valence-electron chi connectivity index (χ4n) is 2.68. The normalized spacial score (nSPS) is 16.9. The number of hydrogen-bond donors (Lipinski definition) is 2. The first-order valence-electron chi connectivity index (χ1n) is 8.36.